The highest BCUT2D eigenvalue weighted by molar-refractivity contribution is 7.12. The maximum Gasteiger partial charge on any atom is 0.168 e. The number of hydrogen-bond donors (Lipinski definition) is 3. The zero-order valence-corrected chi connectivity index (χ0v) is 16.2. The lowest BCUT2D eigenvalue weighted by molar-refractivity contribution is 0.0441. The summed E-state index contributed by atoms with van der Waals surface area (Å²) in [5.74, 6) is 1.04. The van der Waals surface area contributed by atoms with Crippen molar-refractivity contribution in [2.75, 3.05) is 6.54 Å². The molecule has 0 saturated heterocycles. The number of ketones is 1. The molecule has 4 atom stereocenters. The van der Waals surface area contributed by atoms with Crippen LogP contribution >= 0.6 is 11.3 Å². The van der Waals surface area contributed by atoms with E-state index in [0.29, 0.717) is 12.3 Å². The molecule has 27 heavy (non-hydrogen) atoms. The molecule has 0 spiro atoms. The molecule has 0 aliphatic heterocycles. The number of aliphatic hydroxyl groups excluding tert-OH is 1. The number of phenolic OH excluding ortho intramolecular Hbond substituents is 1. The number of carbonyl (C=O) groups excluding carboxylic acids is 1. The van der Waals surface area contributed by atoms with Gasteiger partial charge in [0.05, 0.1) is 0 Å². The fourth-order valence-corrected chi connectivity index (χ4v) is 5.15. The number of phenols is 1. The van der Waals surface area contributed by atoms with Crippen molar-refractivity contribution in [2.45, 2.75) is 50.9 Å². The third-order valence-corrected chi connectivity index (χ3v) is 6.70. The fourth-order valence-electron chi connectivity index (χ4n) is 4.10. The van der Waals surface area contributed by atoms with Gasteiger partial charge in [0.1, 0.15) is 23.7 Å². The second kappa shape index (κ2) is 7.62. The third kappa shape index (κ3) is 3.88. The number of nitrogens with one attached hydrogen (secondary N) is 1. The highest BCUT2D eigenvalue weighted by Gasteiger charge is 2.37. The Morgan fingerprint density at radius 1 is 1.22 bits per heavy atom. The van der Waals surface area contributed by atoms with Gasteiger partial charge in [-0.1, -0.05) is 0 Å². The Morgan fingerprint density at radius 3 is 2.78 bits per heavy atom. The molecule has 1 unspecified atom stereocenters. The largest absolute Gasteiger partial charge is 0.508 e. The maximum absolute atomic E-state index is 12.7. The smallest absolute Gasteiger partial charge is 0.168 e. The molecule has 2 aromatic rings. The Kier molecular flexibility index (Phi) is 5.21. The molecule has 5 nitrogen and oxygen atoms in total. The Balaban J connectivity index is 1.31. The molecule has 144 valence electrons. The summed E-state index contributed by atoms with van der Waals surface area (Å²) in [5.41, 5.74) is 0.899. The van der Waals surface area contributed by atoms with Gasteiger partial charge in [0, 0.05) is 33.8 Å². The average molecular weight is 388 g/mol. The van der Waals surface area contributed by atoms with Crippen LogP contribution in [0, 0.1) is 12.8 Å². The first-order chi connectivity index (χ1) is 13.0. The number of fused-ring (bicyclic) bond motifs is 1. The molecule has 1 saturated carbocycles. The topological polar surface area (TPSA) is 78.8 Å². The second-order valence-corrected chi connectivity index (χ2v) is 8.87. The van der Waals surface area contributed by atoms with Gasteiger partial charge in [-0.05, 0) is 62.9 Å². The summed E-state index contributed by atoms with van der Waals surface area (Å²) < 4.78 is 5.87. The van der Waals surface area contributed by atoms with Crippen LogP contribution in [0.2, 0.25) is 0 Å². The minimum absolute atomic E-state index is 0.0178. The first-order valence-corrected chi connectivity index (χ1v) is 10.3. The molecular weight excluding hydrogens is 362 g/mol. The van der Waals surface area contributed by atoms with Crippen molar-refractivity contribution >= 4 is 17.1 Å². The third-order valence-electron chi connectivity index (χ3n) is 5.59. The van der Waals surface area contributed by atoms with E-state index in [1.807, 2.05) is 13.0 Å². The van der Waals surface area contributed by atoms with Crippen LogP contribution < -0.4 is 10.1 Å². The van der Waals surface area contributed by atoms with Crippen LogP contribution in [0.4, 0.5) is 0 Å². The van der Waals surface area contributed by atoms with Gasteiger partial charge in [-0.15, -0.1) is 11.3 Å². The van der Waals surface area contributed by atoms with Crippen LogP contribution in [0.15, 0.2) is 30.3 Å². The number of ether oxygens (including phenoxy) is 1. The molecule has 1 aromatic heterocycles. The van der Waals surface area contributed by atoms with Crippen molar-refractivity contribution in [3.8, 4) is 11.5 Å². The van der Waals surface area contributed by atoms with Gasteiger partial charge in [0.25, 0.3) is 0 Å². The summed E-state index contributed by atoms with van der Waals surface area (Å²) in [4.78, 5) is 15.1. The Bertz CT molecular complexity index is 816. The van der Waals surface area contributed by atoms with Crippen LogP contribution in [0.1, 0.15) is 39.4 Å². The summed E-state index contributed by atoms with van der Waals surface area (Å²) in [7, 11) is 0. The number of rotatable bonds is 5. The highest BCUT2D eigenvalue weighted by Crippen LogP contribution is 2.32. The van der Waals surface area contributed by atoms with Crippen LogP contribution in [0.3, 0.4) is 0 Å². The SMILES string of the molecule is Cc1cc2c(s1)CCC(CN[C@@H]1CC[C@@H](Oc3ccc(O)cc3)[C@H]1O)C2=O. The molecule has 4 rings (SSSR count). The molecule has 2 aliphatic carbocycles. The monoisotopic (exact) mass is 387 g/mol. The van der Waals surface area contributed by atoms with Crippen molar-refractivity contribution < 1.29 is 19.7 Å². The lowest BCUT2D eigenvalue weighted by Gasteiger charge is -2.25. The molecule has 0 radical (unpaired) electrons. The van der Waals surface area contributed by atoms with E-state index in [0.717, 1.165) is 31.2 Å². The standard InChI is InChI=1S/C21H25NO4S/c1-12-10-16-19(27-12)9-2-13(20(16)24)11-22-17-7-8-18(21(17)25)26-15-5-3-14(23)4-6-15/h3-6,10,13,17-18,21-23,25H,2,7-9,11H2,1H3/t13?,17-,18-,21+/m1/s1. The van der Waals surface area contributed by atoms with Crippen molar-refractivity contribution in [2.24, 2.45) is 5.92 Å². The second-order valence-electron chi connectivity index (χ2n) is 7.53. The van der Waals surface area contributed by atoms with Crippen molar-refractivity contribution in [1.82, 2.24) is 5.32 Å². The quantitative estimate of drug-likeness (QED) is 0.735. The first kappa shape index (κ1) is 18.5. The van der Waals surface area contributed by atoms with E-state index in [4.69, 9.17) is 4.74 Å². The molecule has 1 heterocycles. The number of aromatic hydroxyl groups is 1. The van der Waals surface area contributed by atoms with Gasteiger partial charge < -0.3 is 20.3 Å². The van der Waals surface area contributed by atoms with E-state index < -0.39 is 6.10 Å². The van der Waals surface area contributed by atoms with Gasteiger partial charge in [-0.2, -0.15) is 0 Å². The van der Waals surface area contributed by atoms with Gasteiger partial charge in [0.2, 0.25) is 0 Å². The van der Waals surface area contributed by atoms with E-state index in [9.17, 15) is 15.0 Å². The number of aliphatic hydroxyl groups is 1. The Morgan fingerprint density at radius 2 is 2.00 bits per heavy atom. The minimum Gasteiger partial charge on any atom is -0.508 e. The number of Topliss-reactive ketones (excluding diaryl/α,β-unsaturated/α-hetero) is 1. The summed E-state index contributed by atoms with van der Waals surface area (Å²) >= 11 is 1.73. The van der Waals surface area contributed by atoms with Crippen molar-refractivity contribution in [3.05, 3.63) is 45.6 Å². The molecule has 2 aliphatic rings. The fraction of sp³-hybridized carbons (Fsp3) is 0.476. The predicted octanol–water partition coefficient (Wildman–Crippen LogP) is 3.07. The summed E-state index contributed by atoms with van der Waals surface area (Å²) in [6.45, 7) is 2.65. The number of carbonyl (C=O) groups is 1. The summed E-state index contributed by atoms with van der Waals surface area (Å²) in [6.07, 6.45) is 2.51. The number of thiophene rings is 1. The molecule has 0 bridgehead atoms. The molecule has 1 fully saturated rings. The molecular formula is C21H25NO4S. The average Bonchev–Trinajstić information content (AvgIpc) is 3.20. The summed E-state index contributed by atoms with van der Waals surface area (Å²) in [6, 6.07) is 8.49. The molecule has 0 amide bonds. The zero-order valence-electron chi connectivity index (χ0n) is 15.4. The van der Waals surface area contributed by atoms with E-state index in [-0.39, 0.29) is 29.6 Å². The normalized spacial score (nSPS) is 27.6. The van der Waals surface area contributed by atoms with E-state index in [1.54, 1.807) is 35.6 Å². The summed E-state index contributed by atoms with van der Waals surface area (Å²) in [5, 5.41) is 23.4. The Labute approximate surface area is 163 Å². The van der Waals surface area contributed by atoms with E-state index >= 15 is 0 Å². The maximum atomic E-state index is 12.7. The van der Waals surface area contributed by atoms with Crippen LogP contribution in [0.5, 0.6) is 11.5 Å². The van der Waals surface area contributed by atoms with Crippen molar-refractivity contribution in [3.63, 3.8) is 0 Å². The van der Waals surface area contributed by atoms with Crippen LogP contribution in [-0.4, -0.2) is 40.8 Å². The lowest BCUT2D eigenvalue weighted by Crippen LogP contribution is -2.44. The zero-order chi connectivity index (χ0) is 19.0. The van der Waals surface area contributed by atoms with Crippen molar-refractivity contribution in [1.29, 1.82) is 0 Å². The predicted molar refractivity (Wildman–Crippen MR) is 105 cm³/mol. The minimum atomic E-state index is -0.614. The molecule has 3 N–H and O–H groups in total. The Hall–Kier alpha value is -1.89. The van der Waals surface area contributed by atoms with Gasteiger partial charge in [-0.3, -0.25) is 4.79 Å². The molecule has 6 heteroatoms. The first-order valence-electron chi connectivity index (χ1n) is 9.52. The van der Waals surface area contributed by atoms with Gasteiger partial charge in [0.15, 0.2) is 5.78 Å². The number of hydrogen-bond acceptors (Lipinski definition) is 6. The van der Waals surface area contributed by atoms with E-state index in [2.05, 4.69) is 5.32 Å². The van der Waals surface area contributed by atoms with Crippen LogP contribution in [-0.2, 0) is 6.42 Å². The van der Waals surface area contributed by atoms with E-state index in [1.165, 1.54) is 9.75 Å². The van der Waals surface area contributed by atoms with Gasteiger partial charge >= 0.3 is 0 Å². The van der Waals surface area contributed by atoms with Crippen LogP contribution in [0.25, 0.3) is 0 Å². The highest BCUT2D eigenvalue weighted by atomic mass is 32.1. The number of aryl methyl sites for hydroxylation is 2. The lowest BCUT2D eigenvalue weighted by atomic mass is 9.87. The molecule has 1 aromatic carbocycles. The number of benzene rings is 1. The van der Waals surface area contributed by atoms with Gasteiger partial charge in [-0.25, -0.2) is 0 Å².